The summed E-state index contributed by atoms with van der Waals surface area (Å²) in [7, 11) is 1.62. The van der Waals surface area contributed by atoms with Crippen molar-refractivity contribution < 1.29 is 19.1 Å². The number of carbonyl (C=O) groups is 1. The topological polar surface area (TPSA) is 84.6 Å². The molecule has 2 aromatic rings. The number of carboxylic acids is 1. The van der Waals surface area contributed by atoms with Gasteiger partial charge in [-0.15, -0.1) is 0 Å². The third kappa shape index (κ3) is 3.25. The lowest BCUT2D eigenvalue weighted by molar-refractivity contribution is 0.0690. The predicted molar refractivity (Wildman–Crippen MR) is 68.7 cm³/mol. The van der Waals surface area contributed by atoms with Crippen molar-refractivity contribution in [3.05, 3.63) is 41.8 Å². The van der Waals surface area contributed by atoms with Crippen molar-refractivity contribution in [3.63, 3.8) is 0 Å². The van der Waals surface area contributed by atoms with Crippen molar-refractivity contribution >= 4 is 12.0 Å². The average molecular weight is 262 g/mol. The fraction of sp³-hybridized carbons (Fsp3) is 0.231. The largest absolute Gasteiger partial charge is 0.496 e. The Morgan fingerprint density at radius 3 is 2.95 bits per heavy atom. The van der Waals surface area contributed by atoms with Crippen molar-refractivity contribution in [2.24, 2.45) is 0 Å². The van der Waals surface area contributed by atoms with Gasteiger partial charge in [-0.1, -0.05) is 18.2 Å². The number of rotatable bonds is 6. The summed E-state index contributed by atoms with van der Waals surface area (Å²) in [4.78, 5) is 14.4. The van der Waals surface area contributed by atoms with Gasteiger partial charge in [0.05, 0.1) is 7.11 Å². The van der Waals surface area contributed by atoms with Crippen LogP contribution in [0.3, 0.4) is 0 Å². The molecule has 0 fully saturated rings. The lowest BCUT2D eigenvalue weighted by Crippen LogP contribution is -2.06. The van der Waals surface area contributed by atoms with Gasteiger partial charge in [0, 0.05) is 6.54 Å². The van der Waals surface area contributed by atoms with Crippen LogP contribution in [-0.4, -0.2) is 29.7 Å². The Morgan fingerprint density at radius 1 is 1.47 bits per heavy atom. The number of carboxylic acid groups (broad SMARTS) is 1. The van der Waals surface area contributed by atoms with E-state index in [-0.39, 0.29) is 11.7 Å². The number of anilines is 1. The highest BCUT2D eigenvalue weighted by Crippen LogP contribution is 2.17. The molecule has 0 bridgehead atoms. The standard InChI is InChI=1S/C13H14N2O4/c1-18-11-5-3-2-4-9(11)6-7-14-13-15-10(8-19-13)12(16)17/h2-5,8H,6-7H2,1H3,(H,14,15)(H,16,17). The van der Waals surface area contributed by atoms with Gasteiger partial charge in [0.2, 0.25) is 0 Å². The van der Waals surface area contributed by atoms with Crippen LogP contribution in [-0.2, 0) is 6.42 Å². The van der Waals surface area contributed by atoms with Crippen LogP contribution in [0.25, 0.3) is 0 Å². The van der Waals surface area contributed by atoms with E-state index in [4.69, 9.17) is 14.3 Å². The summed E-state index contributed by atoms with van der Waals surface area (Å²) in [6, 6.07) is 7.91. The summed E-state index contributed by atoms with van der Waals surface area (Å²) in [5.74, 6) is -0.288. The highest BCUT2D eigenvalue weighted by molar-refractivity contribution is 5.85. The Kier molecular flexibility index (Phi) is 4.02. The second kappa shape index (κ2) is 5.90. The number of aromatic carboxylic acids is 1. The van der Waals surface area contributed by atoms with E-state index in [2.05, 4.69) is 10.3 Å². The molecule has 0 aliphatic heterocycles. The zero-order valence-electron chi connectivity index (χ0n) is 10.4. The Morgan fingerprint density at radius 2 is 2.26 bits per heavy atom. The molecule has 100 valence electrons. The van der Waals surface area contributed by atoms with Crippen molar-refractivity contribution in [1.29, 1.82) is 0 Å². The summed E-state index contributed by atoms with van der Waals surface area (Å²) in [5, 5.41) is 11.6. The average Bonchev–Trinajstić information content (AvgIpc) is 2.88. The van der Waals surface area contributed by atoms with E-state index in [1.54, 1.807) is 7.11 Å². The maximum absolute atomic E-state index is 10.6. The van der Waals surface area contributed by atoms with Crippen LogP contribution >= 0.6 is 0 Å². The molecule has 0 aliphatic carbocycles. The number of nitrogens with zero attached hydrogens (tertiary/aromatic N) is 1. The fourth-order valence-corrected chi connectivity index (χ4v) is 1.67. The number of aromatic nitrogens is 1. The van der Waals surface area contributed by atoms with Crippen molar-refractivity contribution in [2.45, 2.75) is 6.42 Å². The molecule has 2 N–H and O–H groups in total. The number of nitrogens with one attached hydrogen (secondary N) is 1. The molecule has 0 saturated heterocycles. The van der Waals surface area contributed by atoms with Crippen LogP contribution in [0.2, 0.25) is 0 Å². The SMILES string of the molecule is COc1ccccc1CCNc1nc(C(=O)O)co1. The number of methoxy groups -OCH3 is 1. The Labute approximate surface area is 110 Å². The molecular formula is C13H14N2O4. The summed E-state index contributed by atoms with van der Waals surface area (Å²) in [5.41, 5.74) is 0.947. The number of hydrogen-bond donors (Lipinski definition) is 2. The zero-order valence-corrected chi connectivity index (χ0v) is 10.4. The van der Waals surface area contributed by atoms with Crippen LogP contribution in [0.5, 0.6) is 5.75 Å². The molecule has 1 aromatic carbocycles. The normalized spacial score (nSPS) is 10.2. The van der Waals surface area contributed by atoms with Gasteiger partial charge in [-0.2, -0.15) is 4.98 Å². The number of benzene rings is 1. The Bertz CT molecular complexity index is 565. The van der Waals surface area contributed by atoms with Gasteiger partial charge >= 0.3 is 5.97 Å². The third-order valence-electron chi connectivity index (χ3n) is 2.59. The molecule has 0 spiro atoms. The first kappa shape index (κ1) is 12.9. The van der Waals surface area contributed by atoms with E-state index in [0.717, 1.165) is 24.0 Å². The minimum absolute atomic E-state index is 0.111. The van der Waals surface area contributed by atoms with Gasteiger partial charge in [0.15, 0.2) is 5.69 Å². The summed E-state index contributed by atoms with van der Waals surface area (Å²) >= 11 is 0. The number of para-hydroxylation sites is 1. The maximum atomic E-state index is 10.6. The third-order valence-corrected chi connectivity index (χ3v) is 2.59. The Balaban J connectivity index is 1.90. The summed E-state index contributed by atoms with van der Waals surface area (Å²) in [6.45, 7) is 0.569. The maximum Gasteiger partial charge on any atom is 0.357 e. The van der Waals surface area contributed by atoms with Crippen LogP contribution in [0.1, 0.15) is 16.1 Å². The first-order valence-corrected chi connectivity index (χ1v) is 5.75. The zero-order chi connectivity index (χ0) is 13.7. The number of oxazole rings is 1. The molecule has 0 radical (unpaired) electrons. The van der Waals surface area contributed by atoms with Gasteiger partial charge in [-0.05, 0) is 18.1 Å². The van der Waals surface area contributed by atoms with E-state index < -0.39 is 5.97 Å². The molecule has 0 aliphatic rings. The second-order valence-corrected chi connectivity index (χ2v) is 3.83. The fourth-order valence-electron chi connectivity index (χ4n) is 1.67. The minimum atomic E-state index is -1.11. The lowest BCUT2D eigenvalue weighted by Gasteiger charge is -2.07. The molecular weight excluding hydrogens is 248 g/mol. The van der Waals surface area contributed by atoms with Crippen LogP contribution < -0.4 is 10.1 Å². The second-order valence-electron chi connectivity index (χ2n) is 3.83. The van der Waals surface area contributed by atoms with E-state index in [1.165, 1.54) is 0 Å². The van der Waals surface area contributed by atoms with Crippen LogP contribution in [0, 0.1) is 0 Å². The molecule has 1 heterocycles. The molecule has 6 heteroatoms. The molecule has 0 saturated carbocycles. The quantitative estimate of drug-likeness (QED) is 0.828. The van der Waals surface area contributed by atoms with Crippen molar-refractivity contribution in [1.82, 2.24) is 4.98 Å². The smallest absolute Gasteiger partial charge is 0.357 e. The molecule has 0 amide bonds. The first-order chi connectivity index (χ1) is 9.20. The van der Waals surface area contributed by atoms with E-state index in [0.29, 0.717) is 6.54 Å². The summed E-state index contributed by atoms with van der Waals surface area (Å²) in [6.07, 6.45) is 1.82. The molecule has 0 unspecified atom stereocenters. The van der Waals surface area contributed by atoms with Gasteiger partial charge < -0.3 is 19.6 Å². The van der Waals surface area contributed by atoms with E-state index in [9.17, 15) is 4.79 Å². The highest BCUT2D eigenvalue weighted by Gasteiger charge is 2.09. The van der Waals surface area contributed by atoms with E-state index >= 15 is 0 Å². The van der Waals surface area contributed by atoms with Gasteiger partial charge in [0.1, 0.15) is 12.0 Å². The minimum Gasteiger partial charge on any atom is -0.496 e. The van der Waals surface area contributed by atoms with Gasteiger partial charge in [-0.25, -0.2) is 4.79 Å². The number of hydrogen-bond acceptors (Lipinski definition) is 5. The monoisotopic (exact) mass is 262 g/mol. The van der Waals surface area contributed by atoms with Crippen LogP contribution in [0.15, 0.2) is 34.9 Å². The van der Waals surface area contributed by atoms with Gasteiger partial charge in [-0.3, -0.25) is 0 Å². The Hall–Kier alpha value is -2.50. The lowest BCUT2D eigenvalue weighted by atomic mass is 10.1. The van der Waals surface area contributed by atoms with Crippen LogP contribution in [0.4, 0.5) is 6.01 Å². The molecule has 1 aromatic heterocycles. The van der Waals surface area contributed by atoms with E-state index in [1.807, 2.05) is 24.3 Å². The molecule has 0 atom stereocenters. The molecule has 19 heavy (non-hydrogen) atoms. The number of ether oxygens (including phenoxy) is 1. The molecule has 2 rings (SSSR count). The highest BCUT2D eigenvalue weighted by atomic mass is 16.5. The summed E-state index contributed by atoms with van der Waals surface area (Å²) < 4.78 is 10.2. The predicted octanol–water partition coefficient (Wildman–Crippen LogP) is 2.04. The van der Waals surface area contributed by atoms with Crippen molar-refractivity contribution in [2.75, 3.05) is 19.0 Å². The first-order valence-electron chi connectivity index (χ1n) is 5.75. The van der Waals surface area contributed by atoms with Crippen molar-refractivity contribution in [3.8, 4) is 5.75 Å². The molecule has 6 nitrogen and oxygen atoms in total. The van der Waals surface area contributed by atoms with Gasteiger partial charge in [0.25, 0.3) is 6.01 Å².